The first kappa shape index (κ1) is 79.4. The van der Waals surface area contributed by atoms with Crippen LogP contribution >= 0.6 is 47.0 Å². The largest absolute Gasteiger partial charge is 0.505 e. The van der Waals surface area contributed by atoms with Crippen LogP contribution in [0.15, 0.2) is 217 Å². The molecular weight excluding hydrogens is 1440 g/mol. The number of aryl methyl sites for hydroxylation is 4. The van der Waals surface area contributed by atoms with Gasteiger partial charge in [0.05, 0.1) is 19.1 Å². The number of fused-ring (bicyclic) bond motifs is 4. The molecule has 24 nitrogen and oxygen atoms in total. The quantitative estimate of drug-likeness (QED) is 0.0435. The molecule has 0 saturated carbocycles. The second kappa shape index (κ2) is 34.0. The molecule has 8 aromatic heterocycles. The van der Waals surface area contributed by atoms with Crippen LogP contribution in [0.5, 0.6) is 34.5 Å². The van der Waals surface area contributed by atoms with Crippen molar-refractivity contribution in [2.45, 2.75) is 148 Å². The van der Waals surface area contributed by atoms with Crippen molar-refractivity contribution in [1.82, 2.24) is 18.3 Å². The highest BCUT2D eigenvalue weighted by Crippen LogP contribution is 2.42. The van der Waals surface area contributed by atoms with Crippen LogP contribution in [0.3, 0.4) is 0 Å². The molecule has 106 heavy (non-hydrogen) atoms. The minimum atomic E-state index is -0.705. The number of methoxy groups -OCH3 is 2. The Labute approximate surface area is 623 Å². The molecule has 4 aromatic carbocycles. The van der Waals surface area contributed by atoms with Crippen LogP contribution in [0, 0.1) is 51.4 Å². The summed E-state index contributed by atoms with van der Waals surface area (Å²) in [5, 5.41) is 42.9. The van der Waals surface area contributed by atoms with E-state index in [1.807, 2.05) is 55.4 Å². The Morgan fingerprint density at radius 3 is 1.04 bits per heavy atom. The Morgan fingerprint density at radius 1 is 0.377 bits per heavy atom. The summed E-state index contributed by atoms with van der Waals surface area (Å²) in [4.78, 5) is 104. The Kier molecular flexibility index (Phi) is 25.5. The molecule has 28 heteroatoms. The lowest BCUT2D eigenvalue weighted by Gasteiger charge is -2.14. The summed E-state index contributed by atoms with van der Waals surface area (Å²) in [5.41, 5.74) is 11.4. The minimum Gasteiger partial charge on any atom is -0.505 e. The number of anilines is 2. The van der Waals surface area contributed by atoms with Crippen molar-refractivity contribution in [2.75, 3.05) is 25.7 Å². The Bertz CT molecular complexity index is 5830. The molecule has 8 heterocycles. The summed E-state index contributed by atoms with van der Waals surface area (Å²) in [5.74, 6) is 0.762. The molecule has 0 spiro atoms. The lowest BCUT2D eigenvalue weighted by Crippen LogP contribution is -2.25. The van der Waals surface area contributed by atoms with Gasteiger partial charge in [-0.2, -0.15) is 0 Å². The van der Waals surface area contributed by atoms with E-state index in [2.05, 4.69) is 0 Å². The number of para-hydroxylation sites is 2. The lowest BCUT2D eigenvalue weighted by atomic mass is 10.2. The first-order valence-corrected chi connectivity index (χ1v) is 36.8. The molecule has 12 rings (SSSR count). The van der Waals surface area contributed by atoms with Gasteiger partial charge in [0.15, 0.2) is 23.0 Å². The average molecular weight is 1520 g/mol. The smallest absolute Gasteiger partial charge is 0.354 e. The number of rotatable bonds is 18. The number of hydrogen-bond donors (Lipinski definition) is 6. The van der Waals surface area contributed by atoms with Gasteiger partial charge in [0.2, 0.25) is 0 Å². The van der Waals surface area contributed by atoms with E-state index in [4.69, 9.17) is 38.6 Å². The van der Waals surface area contributed by atoms with Gasteiger partial charge in [-0.3, -0.25) is 19.2 Å². The third kappa shape index (κ3) is 17.8. The van der Waals surface area contributed by atoms with Gasteiger partial charge in [-0.25, -0.2) is 19.2 Å². The van der Waals surface area contributed by atoms with E-state index in [1.165, 1.54) is 7.11 Å². The Hall–Kier alpha value is -10.7. The van der Waals surface area contributed by atoms with Gasteiger partial charge in [-0.1, -0.05) is 133 Å². The standard InChI is InChI=1S/2C20H21NO5S.2C19H20N2O4S/c1-11(2)10-21-12(3)8-15-16(19(21)23)17(22)18(20(24)26-15)27-14-7-5-6-13(9-14)25-4;1-11(2)10-21-12(3)9-14-16(19(21)23)17(22)18(20(24)26-14)27-15-8-6-5-7-13(15)25-4;1-10(2)9-21-11(3)8-14-15(18(21)23)16(22)17(19(24)25-14)26-13-6-4-12(20)5-7-13;1-10(2)9-21-11(3)8-13-15(18(21)23)16(22)17(19(24)25-13)26-14-7-5-4-6-12(14)20/h2*5-9,11,22H,10H2,1-4H3;2*4-8,10,22H,9,20H2,1-3H3. The molecule has 0 aliphatic heterocycles. The van der Waals surface area contributed by atoms with Gasteiger partial charge < -0.3 is 77.3 Å². The van der Waals surface area contributed by atoms with Crippen LogP contribution in [0.2, 0.25) is 0 Å². The molecule has 0 amide bonds. The van der Waals surface area contributed by atoms with E-state index in [0.29, 0.717) is 91.4 Å². The minimum absolute atomic E-state index is 0.00727. The second-order valence-corrected chi connectivity index (χ2v) is 30.7. The van der Waals surface area contributed by atoms with Crippen molar-refractivity contribution in [3.05, 3.63) is 227 Å². The normalized spacial score (nSPS) is 11.3. The summed E-state index contributed by atoms with van der Waals surface area (Å²) in [6, 6.07) is 34.4. The van der Waals surface area contributed by atoms with Crippen molar-refractivity contribution in [1.29, 1.82) is 0 Å². The van der Waals surface area contributed by atoms with Gasteiger partial charge in [0.25, 0.3) is 22.2 Å². The molecule has 0 aliphatic carbocycles. The molecule has 0 unspecified atom stereocenters. The van der Waals surface area contributed by atoms with Crippen molar-refractivity contribution in [3.8, 4) is 34.5 Å². The van der Waals surface area contributed by atoms with Crippen molar-refractivity contribution < 1.29 is 47.6 Å². The fourth-order valence-electron chi connectivity index (χ4n) is 11.2. The van der Waals surface area contributed by atoms with Crippen LogP contribution in [-0.2, 0) is 26.2 Å². The van der Waals surface area contributed by atoms with Gasteiger partial charge in [0, 0.05) is 99.3 Å². The highest BCUT2D eigenvalue weighted by Gasteiger charge is 2.26. The number of ether oxygens (including phenoxy) is 2. The molecule has 0 aliphatic rings. The van der Waals surface area contributed by atoms with Gasteiger partial charge >= 0.3 is 22.5 Å². The molecule has 0 bridgehead atoms. The second-order valence-electron chi connectivity index (χ2n) is 26.5. The van der Waals surface area contributed by atoms with Gasteiger partial charge in [-0.15, -0.1) is 0 Å². The number of aromatic hydroxyl groups is 4. The molecule has 8 N–H and O–H groups in total. The lowest BCUT2D eigenvalue weighted by molar-refractivity contribution is 0.404. The highest BCUT2D eigenvalue weighted by atomic mass is 32.2. The Balaban J connectivity index is 0.000000163. The molecule has 12 aromatic rings. The summed E-state index contributed by atoms with van der Waals surface area (Å²) >= 11 is 4.07. The number of benzene rings is 4. The topological polar surface area (TPSA) is 360 Å². The third-order valence-electron chi connectivity index (χ3n) is 16.2. The molecule has 0 atom stereocenters. The molecule has 0 saturated heterocycles. The number of nitrogens with zero attached hydrogens (tertiary/aromatic N) is 4. The fraction of sp³-hybridized carbons (Fsp3) is 0.282. The number of nitrogen functional groups attached to an aromatic ring is 2. The van der Waals surface area contributed by atoms with Crippen LogP contribution in [-0.4, -0.2) is 52.9 Å². The summed E-state index contributed by atoms with van der Waals surface area (Å²) in [7, 11) is 3.07. The maximum atomic E-state index is 13.0. The fourth-order valence-corrected chi connectivity index (χ4v) is 14.8. The zero-order chi connectivity index (χ0) is 77.4. The van der Waals surface area contributed by atoms with Crippen molar-refractivity contribution in [3.63, 3.8) is 0 Å². The van der Waals surface area contributed by atoms with E-state index in [0.717, 1.165) is 47.0 Å². The molecular formula is C78H82N6O18S4. The van der Waals surface area contributed by atoms with Crippen LogP contribution < -0.4 is 65.7 Å². The van der Waals surface area contributed by atoms with E-state index >= 15 is 0 Å². The molecule has 0 radical (unpaired) electrons. The summed E-state index contributed by atoms with van der Waals surface area (Å²) in [6.45, 7) is 25.2. The van der Waals surface area contributed by atoms with E-state index in [9.17, 15) is 58.8 Å². The zero-order valence-corrected chi connectivity index (χ0v) is 64.0. The molecule has 556 valence electrons. The first-order valence-electron chi connectivity index (χ1n) is 33.5. The van der Waals surface area contributed by atoms with Crippen molar-refractivity contribution >= 4 is 102 Å². The average Bonchev–Trinajstić information content (AvgIpc) is 0.760. The van der Waals surface area contributed by atoms with E-state index in [1.54, 1.807) is 174 Å². The zero-order valence-electron chi connectivity index (χ0n) is 60.8. The maximum Gasteiger partial charge on any atom is 0.354 e. The number of hydrogen-bond acceptors (Lipinski definition) is 24. The SMILES string of the molecule is COc1cccc(Sc2c(O)c3c(=O)n(CC(C)C)c(C)cc3oc2=O)c1.COc1ccccc1Sc1c(O)c2c(=O)n(CC(C)C)c(C)cc2oc1=O.Cc1cc2oc(=O)c(Sc3ccc(N)cc3)c(O)c2c(=O)n1CC(C)C.Cc1cc2oc(=O)c(Sc3ccccc3N)c(O)c2c(=O)n1CC(C)C. The van der Waals surface area contributed by atoms with E-state index in [-0.39, 0.29) is 132 Å². The Morgan fingerprint density at radius 2 is 0.698 bits per heavy atom. The van der Waals surface area contributed by atoms with Gasteiger partial charge in [-0.05, 0) is 118 Å². The highest BCUT2D eigenvalue weighted by molar-refractivity contribution is 8.00. The van der Waals surface area contributed by atoms with Crippen LogP contribution in [0.4, 0.5) is 11.4 Å². The number of pyridine rings is 4. The molecule has 0 fully saturated rings. The predicted octanol–water partition coefficient (Wildman–Crippen LogP) is 14.3. The van der Waals surface area contributed by atoms with Crippen LogP contribution in [0.25, 0.3) is 43.9 Å². The number of nitrogens with two attached hydrogens (primary N) is 2. The van der Waals surface area contributed by atoms with E-state index < -0.39 is 22.5 Å². The predicted molar refractivity (Wildman–Crippen MR) is 416 cm³/mol. The van der Waals surface area contributed by atoms with Gasteiger partial charge in [0.1, 0.15) is 75.0 Å². The monoisotopic (exact) mass is 1520 g/mol. The maximum absolute atomic E-state index is 13.0. The summed E-state index contributed by atoms with van der Waals surface area (Å²) in [6.07, 6.45) is 0. The third-order valence-corrected chi connectivity index (χ3v) is 20.6. The number of aromatic nitrogens is 4. The summed E-state index contributed by atoms with van der Waals surface area (Å²) < 4.78 is 38.1. The first-order chi connectivity index (χ1) is 50.2. The van der Waals surface area contributed by atoms with Crippen LogP contribution in [0.1, 0.15) is 78.2 Å². The van der Waals surface area contributed by atoms with Crippen molar-refractivity contribution in [2.24, 2.45) is 23.7 Å².